The third-order valence-electron chi connectivity index (χ3n) is 4.01. The van der Waals surface area contributed by atoms with Crippen molar-refractivity contribution in [3.05, 3.63) is 73.8 Å². The van der Waals surface area contributed by atoms with Crippen molar-refractivity contribution < 1.29 is 4.79 Å². The summed E-state index contributed by atoms with van der Waals surface area (Å²) in [6.07, 6.45) is 0.651. The first kappa shape index (κ1) is 18.1. The summed E-state index contributed by atoms with van der Waals surface area (Å²) in [4.78, 5) is 37.8. The van der Waals surface area contributed by atoms with E-state index in [0.717, 1.165) is 4.47 Å². The number of nitrogens with one attached hydrogen (secondary N) is 1. The summed E-state index contributed by atoms with van der Waals surface area (Å²) in [5, 5.41) is 3.20. The highest BCUT2D eigenvalue weighted by molar-refractivity contribution is 9.10. The Bertz CT molecular complexity index is 1070. The molecule has 1 N–H and O–H groups in total. The maximum Gasteiger partial charge on any atom is 0.331 e. The first-order valence-electron chi connectivity index (χ1n) is 8.29. The number of carbonyl (C=O) groups excluding carboxylic acids is 1. The van der Waals surface area contributed by atoms with Gasteiger partial charge in [-0.05, 0) is 42.8 Å². The van der Waals surface area contributed by atoms with E-state index in [1.54, 1.807) is 36.4 Å². The maximum atomic E-state index is 12.8. The molecule has 0 saturated heterocycles. The summed E-state index contributed by atoms with van der Waals surface area (Å²) in [6, 6.07) is 14.0. The Hall–Kier alpha value is -2.67. The van der Waals surface area contributed by atoms with Gasteiger partial charge in [-0.2, -0.15) is 0 Å². The Morgan fingerprint density at radius 3 is 2.42 bits per heavy atom. The van der Waals surface area contributed by atoms with Crippen LogP contribution in [-0.4, -0.2) is 15.0 Å². The Balaban J connectivity index is 2.01. The summed E-state index contributed by atoms with van der Waals surface area (Å²) < 4.78 is 3.44. The minimum Gasteiger partial charge on any atom is -0.325 e. The Kier molecular flexibility index (Phi) is 5.37. The highest BCUT2D eigenvalue weighted by atomic mass is 79.9. The molecule has 0 aliphatic carbocycles. The number of benzene rings is 2. The van der Waals surface area contributed by atoms with Crippen molar-refractivity contribution in [1.29, 1.82) is 0 Å². The number of hydrogen-bond donors (Lipinski definition) is 1. The molecule has 0 aliphatic heterocycles. The van der Waals surface area contributed by atoms with E-state index in [2.05, 4.69) is 21.2 Å². The van der Waals surface area contributed by atoms with E-state index in [0.29, 0.717) is 29.6 Å². The molecule has 0 spiro atoms. The molecule has 134 valence electrons. The number of amides is 1. The molecule has 0 unspecified atom stereocenters. The third-order valence-corrected chi connectivity index (χ3v) is 4.54. The van der Waals surface area contributed by atoms with Gasteiger partial charge >= 0.3 is 5.69 Å². The fourth-order valence-corrected chi connectivity index (χ4v) is 3.09. The van der Waals surface area contributed by atoms with Crippen molar-refractivity contribution in [3.8, 4) is 0 Å². The first-order valence-corrected chi connectivity index (χ1v) is 9.08. The molecule has 1 amide bonds. The highest BCUT2D eigenvalue weighted by Crippen LogP contribution is 2.14. The quantitative estimate of drug-likeness (QED) is 0.695. The number of anilines is 1. The van der Waals surface area contributed by atoms with Gasteiger partial charge in [0, 0.05) is 16.7 Å². The van der Waals surface area contributed by atoms with E-state index in [1.807, 2.05) is 19.1 Å². The van der Waals surface area contributed by atoms with Crippen molar-refractivity contribution in [2.24, 2.45) is 0 Å². The number of halogens is 1. The van der Waals surface area contributed by atoms with Crippen molar-refractivity contribution in [1.82, 2.24) is 9.13 Å². The van der Waals surface area contributed by atoms with E-state index in [4.69, 9.17) is 0 Å². The van der Waals surface area contributed by atoms with Gasteiger partial charge in [0.05, 0.1) is 10.9 Å². The Labute approximate surface area is 158 Å². The molecule has 0 saturated carbocycles. The number of aromatic nitrogens is 2. The number of rotatable bonds is 5. The van der Waals surface area contributed by atoms with Crippen LogP contribution in [0.4, 0.5) is 5.69 Å². The van der Waals surface area contributed by atoms with Crippen molar-refractivity contribution in [2.45, 2.75) is 26.4 Å². The highest BCUT2D eigenvalue weighted by Gasteiger charge is 2.14. The van der Waals surface area contributed by atoms with Crippen molar-refractivity contribution >= 4 is 38.4 Å². The van der Waals surface area contributed by atoms with Crippen LogP contribution in [0.1, 0.15) is 13.3 Å². The van der Waals surface area contributed by atoms with E-state index >= 15 is 0 Å². The largest absolute Gasteiger partial charge is 0.331 e. The molecule has 0 atom stereocenters. The molecule has 3 rings (SSSR count). The van der Waals surface area contributed by atoms with Crippen LogP contribution in [0, 0.1) is 0 Å². The fraction of sp³-hybridized carbons (Fsp3) is 0.211. The third kappa shape index (κ3) is 3.62. The maximum absolute atomic E-state index is 12.8. The minimum absolute atomic E-state index is 0.167. The lowest BCUT2D eigenvalue weighted by Gasteiger charge is -2.13. The number of para-hydroxylation sites is 1. The monoisotopic (exact) mass is 415 g/mol. The molecular weight excluding hydrogens is 398 g/mol. The summed E-state index contributed by atoms with van der Waals surface area (Å²) >= 11 is 3.34. The standard InChI is InChI=1S/C19H18BrN3O3/c1-2-11-22-18(25)15-5-3-4-6-16(15)23(19(22)26)12-17(24)21-14-9-7-13(20)8-10-14/h3-10H,2,11-12H2,1H3,(H,21,24). The van der Waals surface area contributed by atoms with Crippen LogP contribution in [0.25, 0.3) is 10.9 Å². The van der Waals surface area contributed by atoms with Crippen molar-refractivity contribution in [2.75, 3.05) is 5.32 Å². The van der Waals surface area contributed by atoms with E-state index < -0.39 is 5.69 Å². The second kappa shape index (κ2) is 7.70. The molecule has 3 aromatic rings. The van der Waals surface area contributed by atoms with E-state index in [-0.39, 0.29) is 18.0 Å². The van der Waals surface area contributed by atoms with Gasteiger partial charge < -0.3 is 5.32 Å². The Morgan fingerprint density at radius 1 is 1.04 bits per heavy atom. The smallest absolute Gasteiger partial charge is 0.325 e. The molecule has 0 aliphatic rings. The lowest BCUT2D eigenvalue weighted by Crippen LogP contribution is -2.41. The predicted octanol–water partition coefficient (Wildman–Crippen LogP) is 2.97. The summed E-state index contributed by atoms with van der Waals surface area (Å²) in [7, 11) is 0. The zero-order valence-electron chi connectivity index (χ0n) is 14.2. The lowest BCUT2D eigenvalue weighted by molar-refractivity contribution is -0.116. The van der Waals surface area contributed by atoms with Crippen LogP contribution in [0.5, 0.6) is 0 Å². The van der Waals surface area contributed by atoms with E-state index in [1.165, 1.54) is 9.13 Å². The molecule has 1 aromatic heterocycles. The molecule has 0 fully saturated rings. The number of nitrogens with zero attached hydrogens (tertiary/aromatic N) is 2. The molecule has 0 bridgehead atoms. The molecule has 6 nitrogen and oxygen atoms in total. The first-order chi connectivity index (χ1) is 12.5. The van der Waals surface area contributed by atoms with Gasteiger partial charge in [-0.3, -0.25) is 18.7 Å². The zero-order valence-corrected chi connectivity index (χ0v) is 15.8. The molecule has 26 heavy (non-hydrogen) atoms. The molecule has 0 radical (unpaired) electrons. The topological polar surface area (TPSA) is 73.1 Å². The van der Waals surface area contributed by atoms with Gasteiger partial charge in [-0.1, -0.05) is 35.0 Å². The fourth-order valence-electron chi connectivity index (χ4n) is 2.82. The lowest BCUT2D eigenvalue weighted by atomic mass is 10.2. The average Bonchev–Trinajstić information content (AvgIpc) is 2.64. The van der Waals surface area contributed by atoms with Gasteiger partial charge in [0.25, 0.3) is 5.56 Å². The molecule has 1 heterocycles. The van der Waals surface area contributed by atoms with Crippen LogP contribution in [0.2, 0.25) is 0 Å². The van der Waals surface area contributed by atoms with Gasteiger partial charge in [-0.15, -0.1) is 0 Å². The van der Waals surface area contributed by atoms with Crippen LogP contribution < -0.4 is 16.6 Å². The average molecular weight is 416 g/mol. The number of fused-ring (bicyclic) bond motifs is 1. The van der Waals surface area contributed by atoms with Crippen LogP contribution in [0.15, 0.2) is 62.6 Å². The minimum atomic E-state index is -0.471. The molecule has 2 aromatic carbocycles. The Morgan fingerprint density at radius 2 is 1.73 bits per heavy atom. The molecular formula is C19H18BrN3O3. The summed E-state index contributed by atoms with van der Waals surface area (Å²) in [6.45, 7) is 2.04. The van der Waals surface area contributed by atoms with Gasteiger partial charge in [0.2, 0.25) is 5.91 Å². The zero-order chi connectivity index (χ0) is 18.7. The summed E-state index contributed by atoms with van der Waals surface area (Å²) in [5.41, 5.74) is 0.303. The molecule has 7 heteroatoms. The van der Waals surface area contributed by atoms with Crippen LogP contribution in [0.3, 0.4) is 0 Å². The SMILES string of the molecule is CCCn1c(=O)c2ccccc2n(CC(=O)Nc2ccc(Br)cc2)c1=O. The normalized spacial score (nSPS) is 10.8. The van der Waals surface area contributed by atoms with E-state index in [9.17, 15) is 14.4 Å². The second-order valence-corrected chi connectivity index (χ2v) is 6.81. The van der Waals surface area contributed by atoms with Crippen LogP contribution in [-0.2, 0) is 17.9 Å². The van der Waals surface area contributed by atoms with Gasteiger partial charge in [0.15, 0.2) is 0 Å². The van der Waals surface area contributed by atoms with Crippen molar-refractivity contribution in [3.63, 3.8) is 0 Å². The predicted molar refractivity (Wildman–Crippen MR) is 106 cm³/mol. The van der Waals surface area contributed by atoms with Gasteiger partial charge in [0.1, 0.15) is 6.54 Å². The summed E-state index contributed by atoms with van der Waals surface area (Å²) in [5.74, 6) is -0.332. The number of hydrogen-bond acceptors (Lipinski definition) is 3. The van der Waals surface area contributed by atoms with Gasteiger partial charge in [-0.25, -0.2) is 4.79 Å². The van der Waals surface area contributed by atoms with Crippen LogP contribution >= 0.6 is 15.9 Å². The number of carbonyl (C=O) groups is 1. The second-order valence-electron chi connectivity index (χ2n) is 5.90.